The van der Waals surface area contributed by atoms with Crippen molar-refractivity contribution in [1.82, 2.24) is 9.78 Å². The molecule has 2 rings (SSSR count). The van der Waals surface area contributed by atoms with Crippen molar-refractivity contribution in [3.8, 4) is 0 Å². The number of hydrogen-bond donors (Lipinski definition) is 1. The number of rotatable bonds is 4. The fourth-order valence-electron chi connectivity index (χ4n) is 1.84. The van der Waals surface area contributed by atoms with E-state index in [1.165, 1.54) is 0 Å². The van der Waals surface area contributed by atoms with Crippen LogP contribution in [0.4, 0.5) is 0 Å². The van der Waals surface area contributed by atoms with Crippen LogP contribution < -0.4 is 0 Å². The van der Waals surface area contributed by atoms with E-state index in [1.54, 1.807) is 6.20 Å². The first kappa shape index (κ1) is 10.2. The maximum Gasteiger partial charge on any atom is 0.311 e. The van der Waals surface area contributed by atoms with Gasteiger partial charge in [0.15, 0.2) is 0 Å². The highest BCUT2D eigenvalue weighted by Crippen LogP contribution is 2.42. The average molecular weight is 208 g/mol. The minimum Gasteiger partial charge on any atom is -0.481 e. The van der Waals surface area contributed by atoms with Crippen molar-refractivity contribution in [2.45, 2.75) is 38.6 Å². The van der Waals surface area contributed by atoms with Crippen molar-refractivity contribution in [2.24, 2.45) is 5.92 Å². The summed E-state index contributed by atoms with van der Waals surface area (Å²) in [7, 11) is 0. The lowest BCUT2D eigenvalue weighted by Gasteiger charge is -2.08. The highest BCUT2D eigenvalue weighted by molar-refractivity contribution is 5.76. The maximum absolute atomic E-state index is 11.1. The first-order valence-electron chi connectivity index (χ1n) is 5.36. The van der Waals surface area contributed by atoms with Crippen LogP contribution in [0.15, 0.2) is 12.4 Å². The maximum atomic E-state index is 11.1. The molecule has 1 unspecified atom stereocenters. The standard InChI is InChI=1S/C11H16N2O2/c1-7(2)13-6-9(5-12-13)10(11(14)15)8-3-4-8/h5-8,10H,3-4H2,1-2H3,(H,14,15). The molecule has 1 atom stereocenters. The number of carboxylic acid groups (broad SMARTS) is 1. The van der Waals surface area contributed by atoms with Crippen molar-refractivity contribution < 1.29 is 9.90 Å². The molecule has 0 spiro atoms. The molecule has 0 amide bonds. The monoisotopic (exact) mass is 208 g/mol. The van der Waals surface area contributed by atoms with E-state index in [9.17, 15) is 4.79 Å². The van der Waals surface area contributed by atoms with Gasteiger partial charge in [0.05, 0.1) is 12.1 Å². The normalized spacial score (nSPS) is 18.1. The van der Waals surface area contributed by atoms with E-state index < -0.39 is 5.97 Å². The highest BCUT2D eigenvalue weighted by atomic mass is 16.4. The molecule has 1 fully saturated rings. The molecule has 82 valence electrons. The predicted molar refractivity (Wildman–Crippen MR) is 55.7 cm³/mol. The van der Waals surface area contributed by atoms with Crippen LogP contribution in [0.5, 0.6) is 0 Å². The lowest BCUT2D eigenvalue weighted by Crippen LogP contribution is -2.13. The number of carbonyl (C=O) groups is 1. The first-order chi connectivity index (χ1) is 7.09. The smallest absolute Gasteiger partial charge is 0.311 e. The third-order valence-electron chi connectivity index (χ3n) is 2.87. The Bertz CT molecular complexity index is 366. The fourth-order valence-corrected chi connectivity index (χ4v) is 1.84. The number of hydrogen-bond acceptors (Lipinski definition) is 2. The number of aliphatic carboxylic acids is 1. The van der Waals surface area contributed by atoms with Crippen LogP contribution in [0, 0.1) is 5.92 Å². The molecule has 0 aliphatic heterocycles. The van der Waals surface area contributed by atoms with Gasteiger partial charge in [0.2, 0.25) is 0 Å². The van der Waals surface area contributed by atoms with E-state index in [4.69, 9.17) is 5.11 Å². The summed E-state index contributed by atoms with van der Waals surface area (Å²) in [5, 5.41) is 13.3. The van der Waals surface area contributed by atoms with Gasteiger partial charge in [-0.05, 0) is 32.6 Å². The van der Waals surface area contributed by atoms with Crippen LogP contribution in [0.25, 0.3) is 0 Å². The molecule has 0 bridgehead atoms. The third-order valence-corrected chi connectivity index (χ3v) is 2.87. The zero-order valence-corrected chi connectivity index (χ0v) is 9.05. The molecule has 1 aliphatic carbocycles. The van der Waals surface area contributed by atoms with E-state index in [-0.39, 0.29) is 12.0 Å². The molecule has 1 saturated carbocycles. The van der Waals surface area contributed by atoms with Crippen molar-refractivity contribution in [2.75, 3.05) is 0 Å². The van der Waals surface area contributed by atoms with Gasteiger partial charge in [0.1, 0.15) is 0 Å². The fraction of sp³-hybridized carbons (Fsp3) is 0.636. The minimum absolute atomic E-state index is 0.285. The van der Waals surface area contributed by atoms with Crippen molar-refractivity contribution >= 4 is 5.97 Å². The van der Waals surface area contributed by atoms with Gasteiger partial charge in [-0.1, -0.05) is 0 Å². The molecule has 0 aromatic carbocycles. The summed E-state index contributed by atoms with van der Waals surface area (Å²) in [6.45, 7) is 4.06. The molecule has 1 aromatic heterocycles. The van der Waals surface area contributed by atoms with Gasteiger partial charge >= 0.3 is 5.97 Å². The van der Waals surface area contributed by atoms with E-state index in [0.29, 0.717) is 5.92 Å². The molecular formula is C11H16N2O2. The number of carboxylic acids is 1. The van der Waals surface area contributed by atoms with Gasteiger partial charge in [-0.3, -0.25) is 9.48 Å². The van der Waals surface area contributed by atoms with Crippen LogP contribution in [-0.4, -0.2) is 20.9 Å². The second-order valence-corrected chi connectivity index (χ2v) is 4.50. The van der Waals surface area contributed by atoms with Gasteiger partial charge in [-0.25, -0.2) is 0 Å². The molecule has 4 nitrogen and oxygen atoms in total. The molecule has 4 heteroatoms. The molecule has 1 aliphatic rings. The SMILES string of the molecule is CC(C)n1cc(C(C(=O)O)C2CC2)cn1. The Labute approximate surface area is 88.9 Å². The van der Waals surface area contributed by atoms with E-state index in [0.717, 1.165) is 18.4 Å². The lowest BCUT2D eigenvalue weighted by molar-refractivity contribution is -0.139. The van der Waals surface area contributed by atoms with Crippen molar-refractivity contribution in [1.29, 1.82) is 0 Å². The Morgan fingerprint density at radius 1 is 1.60 bits per heavy atom. The average Bonchev–Trinajstić information content (AvgIpc) is 2.81. The van der Waals surface area contributed by atoms with E-state index >= 15 is 0 Å². The molecule has 0 radical (unpaired) electrons. The molecule has 1 N–H and O–H groups in total. The molecule has 1 heterocycles. The van der Waals surface area contributed by atoms with Crippen LogP contribution in [0.1, 0.15) is 44.2 Å². The summed E-state index contributed by atoms with van der Waals surface area (Å²) in [4.78, 5) is 11.1. The Balaban J connectivity index is 2.22. The van der Waals surface area contributed by atoms with Gasteiger partial charge < -0.3 is 5.11 Å². The third kappa shape index (κ3) is 2.03. The van der Waals surface area contributed by atoms with Crippen molar-refractivity contribution in [3.63, 3.8) is 0 Å². The summed E-state index contributed by atoms with van der Waals surface area (Å²) in [6.07, 6.45) is 5.62. The largest absolute Gasteiger partial charge is 0.481 e. The first-order valence-corrected chi connectivity index (χ1v) is 5.36. The molecule has 15 heavy (non-hydrogen) atoms. The Morgan fingerprint density at radius 2 is 2.27 bits per heavy atom. The number of nitrogens with zero attached hydrogens (tertiary/aromatic N) is 2. The van der Waals surface area contributed by atoms with Gasteiger partial charge in [-0.2, -0.15) is 5.10 Å². The highest BCUT2D eigenvalue weighted by Gasteiger charge is 2.38. The van der Waals surface area contributed by atoms with Gasteiger partial charge in [0, 0.05) is 17.8 Å². The molecule has 0 saturated heterocycles. The predicted octanol–water partition coefficient (Wildman–Crippen LogP) is 2.04. The second-order valence-electron chi connectivity index (χ2n) is 4.50. The van der Waals surface area contributed by atoms with Crippen molar-refractivity contribution in [3.05, 3.63) is 18.0 Å². The van der Waals surface area contributed by atoms with Gasteiger partial charge in [-0.15, -0.1) is 0 Å². The van der Waals surface area contributed by atoms with Gasteiger partial charge in [0.25, 0.3) is 0 Å². The summed E-state index contributed by atoms with van der Waals surface area (Å²) < 4.78 is 1.81. The topological polar surface area (TPSA) is 55.1 Å². The van der Waals surface area contributed by atoms with Crippen LogP contribution in [0.2, 0.25) is 0 Å². The Hall–Kier alpha value is -1.32. The zero-order valence-electron chi connectivity index (χ0n) is 9.05. The zero-order chi connectivity index (χ0) is 11.0. The Morgan fingerprint density at radius 3 is 2.67 bits per heavy atom. The van der Waals surface area contributed by atoms with E-state index in [1.807, 2.05) is 24.7 Å². The van der Waals surface area contributed by atoms with Crippen LogP contribution in [0.3, 0.4) is 0 Å². The minimum atomic E-state index is -0.721. The second kappa shape index (κ2) is 3.68. The molecule has 1 aromatic rings. The van der Waals surface area contributed by atoms with Crippen LogP contribution >= 0.6 is 0 Å². The summed E-state index contributed by atoms with van der Waals surface area (Å²) >= 11 is 0. The molecular weight excluding hydrogens is 192 g/mol. The Kier molecular flexibility index (Phi) is 2.50. The summed E-state index contributed by atoms with van der Waals surface area (Å²) in [5.74, 6) is -0.745. The summed E-state index contributed by atoms with van der Waals surface area (Å²) in [5.41, 5.74) is 0.846. The number of aromatic nitrogens is 2. The quantitative estimate of drug-likeness (QED) is 0.823. The summed E-state index contributed by atoms with van der Waals surface area (Å²) in [6, 6.07) is 0.285. The van der Waals surface area contributed by atoms with Crippen LogP contribution in [-0.2, 0) is 4.79 Å². The van der Waals surface area contributed by atoms with E-state index in [2.05, 4.69) is 5.10 Å². The lowest BCUT2D eigenvalue weighted by atomic mass is 9.97.